The number of nitrogens with zero attached hydrogens (tertiary/aromatic N) is 2. The van der Waals surface area contributed by atoms with Crippen molar-refractivity contribution < 1.29 is 13.2 Å². The molecule has 0 saturated carbocycles. The number of amides is 1. The third kappa shape index (κ3) is 4.82. The lowest BCUT2D eigenvalue weighted by molar-refractivity contribution is -0.152. The first-order valence-electron chi connectivity index (χ1n) is 10.6. The minimum atomic E-state index is -3.79. The van der Waals surface area contributed by atoms with E-state index in [-0.39, 0.29) is 23.8 Å². The molecule has 1 saturated heterocycles. The maximum absolute atomic E-state index is 13.6. The minimum absolute atomic E-state index is 0.0463. The Morgan fingerprint density at radius 2 is 1.56 bits per heavy atom. The van der Waals surface area contributed by atoms with Crippen LogP contribution in [0.15, 0.2) is 95.9 Å². The predicted octanol–water partition coefficient (Wildman–Crippen LogP) is 4.46. The fourth-order valence-electron chi connectivity index (χ4n) is 3.75. The third-order valence-electron chi connectivity index (χ3n) is 5.59. The summed E-state index contributed by atoms with van der Waals surface area (Å²) in [5.74, 6) is -0.0463. The lowest BCUT2D eigenvalue weighted by Gasteiger charge is -2.45. The monoisotopic (exact) mass is 446 g/mol. The first kappa shape index (κ1) is 22.0. The first-order valence-corrected chi connectivity index (χ1v) is 12.0. The van der Waals surface area contributed by atoms with Crippen molar-refractivity contribution in [3.8, 4) is 0 Å². The number of aryl methyl sites for hydroxylation is 1. The maximum atomic E-state index is 13.6. The summed E-state index contributed by atoms with van der Waals surface area (Å²) < 4.78 is 28.6. The molecule has 0 spiro atoms. The molecule has 0 aliphatic carbocycles. The largest absolute Gasteiger partial charge is 0.321 e. The molecule has 1 atom stereocenters. The van der Waals surface area contributed by atoms with Gasteiger partial charge in [-0.3, -0.25) is 4.79 Å². The van der Waals surface area contributed by atoms with E-state index < -0.39 is 16.2 Å². The number of hydrogen-bond donors (Lipinski definition) is 0. The van der Waals surface area contributed by atoms with E-state index in [2.05, 4.69) is 0 Å². The maximum Gasteiger partial charge on any atom is 0.245 e. The van der Waals surface area contributed by atoms with Gasteiger partial charge in [-0.25, -0.2) is 8.42 Å². The number of β-lactam (4-membered cyclic amide) rings is 1. The molecule has 0 N–H and O–H groups in total. The SMILES string of the molecule is Cc1ccc(S(=O)(=O)N(C/C=C/c2ccccc2)C2CC(=O)N2Cc2ccccc2)cc1. The number of benzene rings is 3. The third-order valence-corrected chi connectivity index (χ3v) is 7.47. The molecule has 0 aromatic heterocycles. The zero-order valence-corrected chi connectivity index (χ0v) is 18.8. The van der Waals surface area contributed by atoms with E-state index in [9.17, 15) is 13.2 Å². The lowest BCUT2D eigenvalue weighted by atomic mass is 10.1. The molecule has 1 amide bonds. The Labute approximate surface area is 189 Å². The average molecular weight is 447 g/mol. The quantitative estimate of drug-likeness (QED) is 0.480. The fourth-order valence-corrected chi connectivity index (χ4v) is 5.29. The van der Waals surface area contributed by atoms with Crippen LogP contribution in [-0.2, 0) is 21.4 Å². The van der Waals surface area contributed by atoms with Crippen molar-refractivity contribution in [1.82, 2.24) is 9.21 Å². The van der Waals surface area contributed by atoms with Gasteiger partial charge in [0, 0.05) is 13.1 Å². The van der Waals surface area contributed by atoms with Crippen molar-refractivity contribution in [2.45, 2.75) is 31.0 Å². The summed E-state index contributed by atoms with van der Waals surface area (Å²) in [6, 6.07) is 26.2. The van der Waals surface area contributed by atoms with Crippen LogP contribution in [-0.4, -0.2) is 36.2 Å². The second-order valence-corrected chi connectivity index (χ2v) is 9.78. The van der Waals surface area contributed by atoms with Crippen LogP contribution in [0.3, 0.4) is 0 Å². The highest BCUT2D eigenvalue weighted by Crippen LogP contribution is 2.30. The van der Waals surface area contributed by atoms with Gasteiger partial charge < -0.3 is 4.90 Å². The standard InChI is InChI=1S/C26H26N2O3S/c1-21-14-16-24(17-15-21)32(30,31)28(18-8-13-22-9-4-2-5-10-22)25-19-26(29)27(25)20-23-11-6-3-7-12-23/h2-17,25H,18-20H2,1H3/b13-8+. The molecular formula is C26H26N2O3S. The van der Waals surface area contributed by atoms with E-state index in [0.29, 0.717) is 6.54 Å². The second kappa shape index (κ2) is 9.51. The van der Waals surface area contributed by atoms with Gasteiger partial charge in [0.2, 0.25) is 15.9 Å². The number of rotatable bonds is 8. The molecule has 32 heavy (non-hydrogen) atoms. The minimum Gasteiger partial charge on any atom is -0.321 e. The molecule has 1 heterocycles. The van der Waals surface area contributed by atoms with Crippen molar-refractivity contribution in [3.05, 3.63) is 108 Å². The number of sulfonamides is 1. The Morgan fingerprint density at radius 3 is 2.19 bits per heavy atom. The van der Waals surface area contributed by atoms with Gasteiger partial charge in [0.25, 0.3) is 0 Å². The normalized spacial score (nSPS) is 16.5. The smallest absolute Gasteiger partial charge is 0.245 e. The van der Waals surface area contributed by atoms with Gasteiger partial charge in [0.15, 0.2) is 0 Å². The van der Waals surface area contributed by atoms with Crippen LogP contribution in [0.25, 0.3) is 6.08 Å². The predicted molar refractivity (Wildman–Crippen MR) is 126 cm³/mol. The van der Waals surface area contributed by atoms with Gasteiger partial charge in [0.1, 0.15) is 6.17 Å². The van der Waals surface area contributed by atoms with E-state index in [1.807, 2.05) is 79.7 Å². The number of hydrogen-bond acceptors (Lipinski definition) is 3. The van der Waals surface area contributed by atoms with Crippen molar-refractivity contribution >= 4 is 22.0 Å². The van der Waals surface area contributed by atoms with Crippen LogP contribution in [0.1, 0.15) is 23.1 Å². The van der Waals surface area contributed by atoms with E-state index in [1.54, 1.807) is 29.2 Å². The van der Waals surface area contributed by atoms with Gasteiger partial charge in [0.05, 0.1) is 11.3 Å². The zero-order chi connectivity index (χ0) is 22.6. The molecule has 164 valence electrons. The highest BCUT2D eigenvalue weighted by atomic mass is 32.2. The molecule has 1 aliphatic rings. The molecule has 4 rings (SSSR count). The molecule has 0 radical (unpaired) electrons. The topological polar surface area (TPSA) is 57.7 Å². The van der Waals surface area contributed by atoms with Crippen molar-refractivity contribution in [2.24, 2.45) is 0 Å². The van der Waals surface area contributed by atoms with E-state index in [0.717, 1.165) is 16.7 Å². The van der Waals surface area contributed by atoms with E-state index >= 15 is 0 Å². The summed E-state index contributed by atoms with van der Waals surface area (Å²) in [6.07, 6.45) is 3.40. The van der Waals surface area contributed by atoms with Gasteiger partial charge in [-0.05, 0) is 30.2 Å². The summed E-state index contributed by atoms with van der Waals surface area (Å²) >= 11 is 0. The van der Waals surface area contributed by atoms with Crippen LogP contribution < -0.4 is 0 Å². The van der Waals surface area contributed by atoms with Crippen LogP contribution in [0.5, 0.6) is 0 Å². The molecule has 3 aromatic rings. The number of likely N-dealkylation sites (tertiary alicyclic amines) is 1. The Kier molecular flexibility index (Phi) is 6.53. The average Bonchev–Trinajstić information content (AvgIpc) is 2.81. The highest BCUT2D eigenvalue weighted by Gasteiger charge is 2.44. The van der Waals surface area contributed by atoms with E-state index in [1.165, 1.54) is 4.31 Å². The highest BCUT2D eigenvalue weighted by molar-refractivity contribution is 7.89. The Bertz CT molecular complexity index is 1190. The molecular weight excluding hydrogens is 420 g/mol. The van der Waals surface area contributed by atoms with Crippen LogP contribution >= 0.6 is 0 Å². The van der Waals surface area contributed by atoms with Crippen LogP contribution in [0, 0.1) is 6.92 Å². The Balaban J connectivity index is 1.62. The van der Waals surface area contributed by atoms with E-state index in [4.69, 9.17) is 0 Å². The summed E-state index contributed by atoms with van der Waals surface area (Å²) in [6.45, 7) is 2.48. The van der Waals surface area contributed by atoms with Crippen LogP contribution in [0.4, 0.5) is 0 Å². The number of carbonyl (C=O) groups is 1. The Hall–Kier alpha value is -3.22. The van der Waals surface area contributed by atoms with Crippen molar-refractivity contribution in [1.29, 1.82) is 0 Å². The first-order chi connectivity index (χ1) is 15.4. The zero-order valence-electron chi connectivity index (χ0n) is 18.0. The number of carbonyl (C=O) groups excluding carboxylic acids is 1. The van der Waals surface area contributed by atoms with Crippen molar-refractivity contribution in [2.75, 3.05) is 6.54 Å². The molecule has 1 fully saturated rings. The van der Waals surface area contributed by atoms with Crippen molar-refractivity contribution in [3.63, 3.8) is 0 Å². The van der Waals surface area contributed by atoms with Crippen LogP contribution in [0.2, 0.25) is 0 Å². The molecule has 0 bridgehead atoms. The summed E-state index contributed by atoms with van der Waals surface area (Å²) in [7, 11) is -3.79. The molecule has 6 heteroatoms. The molecule has 1 unspecified atom stereocenters. The summed E-state index contributed by atoms with van der Waals surface area (Å²) in [5.41, 5.74) is 2.95. The summed E-state index contributed by atoms with van der Waals surface area (Å²) in [4.78, 5) is 14.3. The van der Waals surface area contributed by atoms with Gasteiger partial charge >= 0.3 is 0 Å². The molecule has 5 nitrogen and oxygen atoms in total. The van der Waals surface area contributed by atoms with Gasteiger partial charge in [-0.15, -0.1) is 0 Å². The van der Waals surface area contributed by atoms with Gasteiger partial charge in [-0.2, -0.15) is 4.31 Å². The molecule has 3 aromatic carbocycles. The van der Waals surface area contributed by atoms with Gasteiger partial charge in [-0.1, -0.05) is 90.5 Å². The lowest BCUT2D eigenvalue weighted by Crippen LogP contribution is -2.61. The molecule has 1 aliphatic heterocycles. The second-order valence-electron chi connectivity index (χ2n) is 7.89. The fraction of sp³-hybridized carbons (Fsp3) is 0.192. The Morgan fingerprint density at radius 1 is 0.938 bits per heavy atom. The summed E-state index contributed by atoms with van der Waals surface area (Å²) in [5, 5.41) is 0.